The van der Waals surface area contributed by atoms with Gasteiger partial charge < -0.3 is 4.74 Å². The Labute approximate surface area is 159 Å². The van der Waals surface area contributed by atoms with Crippen molar-refractivity contribution in [3.63, 3.8) is 0 Å². The quantitative estimate of drug-likeness (QED) is 0.391. The Bertz CT molecular complexity index is 1140. The molecule has 1 nitrogen and oxygen atoms in total. The van der Waals surface area contributed by atoms with Crippen molar-refractivity contribution in [2.45, 2.75) is 13.0 Å². The molecule has 1 heteroatoms. The predicted molar refractivity (Wildman–Crippen MR) is 112 cm³/mol. The van der Waals surface area contributed by atoms with Crippen LogP contribution in [0.2, 0.25) is 0 Å². The second-order valence-electron chi connectivity index (χ2n) is 7.06. The Morgan fingerprint density at radius 3 is 2.26 bits per heavy atom. The molecular formula is C26H20O. The number of hydrogen-bond acceptors (Lipinski definition) is 1. The van der Waals surface area contributed by atoms with E-state index in [1.54, 1.807) is 0 Å². The van der Waals surface area contributed by atoms with Gasteiger partial charge in [0, 0.05) is 10.9 Å². The summed E-state index contributed by atoms with van der Waals surface area (Å²) in [6, 6.07) is 32.0. The number of hydrogen-bond donors (Lipinski definition) is 0. The summed E-state index contributed by atoms with van der Waals surface area (Å²) in [5, 5.41) is 2.36. The molecule has 0 saturated carbocycles. The second kappa shape index (κ2) is 6.44. The fourth-order valence-electron chi connectivity index (χ4n) is 3.78. The molecule has 0 fully saturated rings. The maximum absolute atomic E-state index is 6.53. The van der Waals surface area contributed by atoms with Gasteiger partial charge in [-0.25, -0.2) is 0 Å². The molecule has 0 aliphatic carbocycles. The molecule has 0 radical (unpaired) electrons. The van der Waals surface area contributed by atoms with Crippen molar-refractivity contribution < 1.29 is 4.74 Å². The van der Waals surface area contributed by atoms with Crippen LogP contribution < -0.4 is 4.74 Å². The summed E-state index contributed by atoms with van der Waals surface area (Å²) in [5.74, 6) is 0.972. The van der Waals surface area contributed by atoms with Gasteiger partial charge in [-0.15, -0.1) is 0 Å². The summed E-state index contributed by atoms with van der Waals surface area (Å²) >= 11 is 0. The minimum atomic E-state index is -0.0965. The van der Waals surface area contributed by atoms with E-state index < -0.39 is 0 Å². The lowest BCUT2D eigenvalue weighted by molar-refractivity contribution is 0.254. The zero-order valence-corrected chi connectivity index (χ0v) is 15.2. The number of aryl methyl sites for hydroxylation is 1. The highest BCUT2D eigenvalue weighted by Crippen LogP contribution is 2.44. The normalized spacial score (nSPS) is 15.7. The van der Waals surface area contributed by atoms with Crippen LogP contribution in [-0.4, -0.2) is 0 Å². The maximum atomic E-state index is 6.53. The number of fused-ring (bicyclic) bond motifs is 3. The van der Waals surface area contributed by atoms with E-state index in [1.807, 2.05) is 6.07 Å². The van der Waals surface area contributed by atoms with Gasteiger partial charge in [-0.3, -0.25) is 0 Å². The summed E-state index contributed by atoms with van der Waals surface area (Å²) in [6.45, 7) is 2.12. The van der Waals surface area contributed by atoms with E-state index in [0.29, 0.717) is 0 Å². The van der Waals surface area contributed by atoms with Crippen LogP contribution in [0.4, 0.5) is 0 Å². The minimum absolute atomic E-state index is 0.0965. The van der Waals surface area contributed by atoms with Gasteiger partial charge in [0.25, 0.3) is 0 Å². The van der Waals surface area contributed by atoms with Crippen LogP contribution in [0, 0.1) is 6.92 Å². The first-order chi connectivity index (χ1) is 13.3. The molecule has 0 bridgehead atoms. The second-order valence-corrected chi connectivity index (χ2v) is 7.06. The maximum Gasteiger partial charge on any atom is 0.143 e. The van der Waals surface area contributed by atoms with Crippen LogP contribution in [0.1, 0.15) is 28.4 Å². The van der Waals surface area contributed by atoms with E-state index in [-0.39, 0.29) is 6.10 Å². The van der Waals surface area contributed by atoms with Gasteiger partial charge in [-0.2, -0.15) is 0 Å². The molecule has 0 N–H and O–H groups in total. The molecule has 0 aromatic heterocycles. The van der Waals surface area contributed by atoms with E-state index >= 15 is 0 Å². The van der Waals surface area contributed by atoms with Crippen molar-refractivity contribution in [3.05, 3.63) is 119 Å². The first-order valence-electron chi connectivity index (χ1n) is 9.32. The summed E-state index contributed by atoms with van der Waals surface area (Å²) in [7, 11) is 0. The third-order valence-electron chi connectivity index (χ3n) is 5.22. The zero-order valence-electron chi connectivity index (χ0n) is 15.2. The van der Waals surface area contributed by atoms with E-state index in [2.05, 4.69) is 97.9 Å². The standard InChI is InChI=1S/C26H20O/c1-18-11-13-20(14-12-18)24-17-25(21-8-3-2-4-9-21)27-26-22-10-6-5-7-19(22)15-16-23(24)26/h2-17,25H,1H3. The highest BCUT2D eigenvalue weighted by Gasteiger charge is 2.24. The van der Waals surface area contributed by atoms with Crippen molar-refractivity contribution in [3.8, 4) is 5.75 Å². The van der Waals surface area contributed by atoms with Gasteiger partial charge in [0.1, 0.15) is 11.9 Å². The molecule has 27 heavy (non-hydrogen) atoms. The Balaban J connectivity index is 1.75. The monoisotopic (exact) mass is 348 g/mol. The number of rotatable bonds is 2. The molecule has 1 atom stereocenters. The molecule has 0 amide bonds. The van der Waals surface area contributed by atoms with Crippen LogP contribution in [0.5, 0.6) is 5.75 Å². The first kappa shape index (κ1) is 15.9. The molecule has 1 heterocycles. The average Bonchev–Trinajstić information content (AvgIpc) is 2.74. The van der Waals surface area contributed by atoms with Crippen molar-refractivity contribution in [2.24, 2.45) is 0 Å². The topological polar surface area (TPSA) is 9.23 Å². The Kier molecular flexibility index (Phi) is 3.79. The lowest BCUT2D eigenvalue weighted by atomic mass is 9.90. The van der Waals surface area contributed by atoms with Crippen LogP contribution in [-0.2, 0) is 0 Å². The Hall–Kier alpha value is -3.32. The van der Waals surface area contributed by atoms with Gasteiger partial charge in [0.15, 0.2) is 0 Å². The first-order valence-corrected chi connectivity index (χ1v) is 9.32. The van der Waals surface area contributed by atoms with Crippen molar-refractivity contribution >= 4 is 16.3 Å². The van der Waals surface area contributed by atoms with Crippen LogP contribution >= 0.6 is 0 Å². The van der Waals surface area contributed by atoms with Crippen molar-refractivity contribution in [2.75, 3.05) is 0 Å². The van der Waals surface area contributed by atoms with Crippen LogP contribution in [0.15, 0.2) is 97.1 Å². The van der Waals surface area contributed by atoms with Gasteiger partial charge in [0.2, 0.25) is 0 Å². The highest BCUT2D eigenvalue weighted by atomic mass is 16.5. The largest absolute Gasteiger partial charge is 0.480 e. The molecule has 0 saturated heterocycles. The Morgan fingerprint density at radius 2 is 1.44 bits per heavy atom. The van der Waals surface area contributed by atoms with Crippen molar-refractivity contribution in [1.82, 2.24) is 0 Å². The van der Waals surface area contributed by atoms with Gasteiger partial charge in [-0.05, 0) is 41.2 Å². The summed E-state index contributed by atoms with van der Waals surface area (Å²) in [5.41, 5.74) is 6.05. The lowest BCUT2D eigenvalue weighted by Gasteiger charge is -2.27. The van der Waals surface area contributed by atoms with E-state index in [9.17, 15) is 0 Å². The molecule has 130 valence electrons. The van der Waals surface area contributed by atoms with Crippen LogP contribution in [0.25, 0.3) is 16.3 Å². The van der Waals surface area contributed by atoms with Gasteiger partial charge in [0.05, 0.1) is 0 Å². The molecule has 1 aliphatic heterocycles. The molecule has 0 spiro atoms. The molecule has 4 aromatic carbocycles. The summed E-state index contributed by atoms with van der Waals surface area (Å²) in [4.78, 5) is 0. The third kappa shape index (κ3) is 2.82. The fourth-order valence-corrected chi connectivity index (χ4v) is 3.78. The predicted octanol–water partition coefficient (Wildman–Crippen LogP) is 6.71. The molecule has 4 aromatic rings. The van der Waals surface area contributed by atoms with Crippen molar-refractivity contribution in [1.29, 1.82) is 0 Å². The van der Waals surface area contributed by atoms with E-state index in [0.717, 1.165) is 16.7 Å². The number of ether oxygens (including phenoxy) is 1. The molecular weight excluding hydrogens is 328 g/mol. The highest BCUT2D eigenvalue weighted by molar-refractivity contribution is 5.97. The zero-order chi connectivity index (χ0) is 18.2. The van der Waals surface area contributed by atoms with Gasteiger partial charge in [-0.1, -0.05) is 90.5 Å². The summed E-state index contributed by atoms with van der Waals surface area (Å²) in [6.07, 6.45) is 2.15. The number of benzene rings is 4. The Morgan fingerprint density at radius 1 is 0.704 bits per heavy atom. The van der Waals surface area contributed by atoms with Crippen LogP contribution in [0.3, 0.4) is 0 Å². The molecule has 5 rings (SSSR count). The lowest BCUT2D eigenvalue weighted by Crippen LogP contribution is -2.12. The third-order valence-corrected chi connectivity index (χ3v) is 5.22. The van der Waals surface area contributed by atoms with E-state index in [1.165, 1.54) is 27.6 Å². The van der Waals surface area contributed by atoms with E-state index in [4.69, 9.17) is 4.74 Å². The smallest absolute Gasteiger partial charge is 0.143 e. The van der Waals surface area contributed by atoms with Gasteiger partial charge >= 0.3 is 0 Å². The molecule has 1 unspecified atom stereocenters. The fraction of sp³-hybridized carbons (Fsp3) is 0.0769. The minimum Gasteiger partial charge on any atom is -0.480 e. The SMILES string of the molecule is Cc1ccc(C2=CC(c3ccccc3)Oc3c2ccc2ccccc32)cc1. The average molecular weight is 348 g/mol. The summed E-state index contributed by atoms with van der Waals surface area (Å²) < 4.78 is 6.53. The molecule has 1 aliphatic rings.